The molecule has 9 nitrogen and oxygen atoms in total. The number of hydrogen-bond acceptors (Lipinski definition) is 8. The van der Waals surface area contributed by atoms with Crippen molar-refractivity contribution in [1.29, 1.82) is 0 Å². The summed E-state index contributed by atoms with van der Waals surface area (Å²) in [4.78, 5) is 17.7. The molecule has 0 amide bonds. The number of nitro benzene ring substituents is 1. The lowest BCUT2D eigenvalue weighted by atomic mass is 10.1. The first kappa shape index (κ1) is 21.5. The minimum atomic E-state index is -2.96. The molecule has 0 spiro atoms. The zero-order valence-corrected chi connectivity index (χ0v) is 19.5. The third-order valence-corrected chi connectivity index (χ3v) is 9.06. The van der Waals surface area contributed by atoms with E-state index in [-0.39, 0.29) is 11.4 Å². The molecule has 2 saturated heterocycles. The molecule has 168 valence electrons. The molecule has 2 atom stereocenters. The van der Waals surface area contributed by atoms with Crippen LogP contribution in [0, 0.1) is 17.0 Å². The number of ether oxygens (including phenoxy) is 1. The minimum absolute atomic E-state index is 0.113. The van der Waals surface area contributed by atoms with E-state index in [0.29, 0.717) is 17.6 Å². The average molecular weight is 474 g/mol. The second-order valence-corrected chi connectivity index (χ2v) is 11.6. The zero-order chi connectivity index (χ0) is 22.5. The van der Waals surface area contributed by atoms with Crippen LogP contribution in [-0.2, 0) is 9.09 Å². The summed E-state index contributed by atoms with van der Waals surface area (Å²) in [6.45, 7) is 7.16. The molecule has 11 heteroatoms. The van der Waals surface area contributed by atoms with Crippen LogP contribution in [0.25, 0.3) is 10.2 Å². The first-order valence-corrected chi connectivity index (χ1v) is 13.0. The smallest absolute Gasteiger partial charge is 0.311 e. The van der Waals surface area contributed by atoms with Crippen LogP contribution in [0.15, 0.2) is 36.4 Å². The van der Waals surface area contributed by atoms with Gasteiger partial charge in [-0.1, -0.05) is 0 Å². The standard InChI is InChI=1S/C21H23N4O5PS/c1-14(30-31(28,24-9-10-24)13-23-7-8-23)16-3-5-19(25(26)27)20(11-16)29-17-4-6-21-18(12-17)22-15(2)32-21/h3-6,11-12,14H,7-10,13H2,1-2H3/t14-,31?/m1/s1. The Morgan fingerprint density at radius 1 is 1.22 bits per heavy atom. The Bertz CT molecular complexity index is 1240. The molecule has 2 fully saturated rings. The third-order valence-electron chi connectivity index (χ3n) is 5.44. The van der Waals surface area contributed by atoms with E-state index < -0.39 is 18.5 Å². The lowest BCUT2D eigenvalue weighted by Gasteiger charge is -2.24. The zero-order valence-electron chi connectivity index (χ0n) is 17.8. The molecule has 1 aromatic heterocycles. The van der Waals surface area contributed by atoms with Crippen molar-refractivity contribution in [3.05, 3.63) is 57.1 Å². The monoisotopic (exact) mass is 474 g/mol. The van der Waals surface area contributed by atoms with Gasteiger partial charge < -0.3 is 9.26 Å². The fourth-order valence-corrected chi connectivity index (χ4v) is 6.83. The number of hydrogen-bond donors (Lipinski definition) is 0. The van der Waals surface area contributed by atoms with Gasteiger partial charge in [-0.25, -0.2) is 9.65 Å². The van der Waals surface area contributed by atoms with Gasteiger partial charge in [-0.3, -0.25) is 19.6 Å². The molecule has 0 aliphatic carbocycles. The van der Waals surface area contributed by atoms with E-state index in [1.807, 2.05) is 24.6 Å². The Balaban J connectivity index is 1.41. The largest absolute Gasteiger partial charge is 0.450 e. The first-order valence-electron chi connectivity index (χ1n) is 10.4. The summed E-state index contributed by atoms with van der Waals surface area (Å²) in [6, 6.07) is 10.1. The van der Waals surface area contributed by atoms with Crippen molar-refractivity contribution < 1.29 is 18.7 Å². The van der Waals surface area contributed by atoms with Crippen LogP contribution in [0.3, 0.4) is 0 Å². The van der Waals surface area contributed by atoms with E-state index in [4.69, 9.17) is 9.26 Å². The van der Waals surface area contributed by atoms with Gasteiger partial charge in [-0.2, -0.15) is 0 Å². The number of fused-ring (bicyclic) bond motifs is 1. The average Bonchev–Trinajstić information content (AvgIpc) is 3.65. The second-order valence-electron chi connectivity index (χ2n) is 8.05. The topological polar surface area (TPSA) is 97.6 Å². The summed E-state index contributed by atoms with van der Waals surface area (Å²) in [6.07, 6.45) is -0.0889. The molecule has 5 rings (SSSR count). The lowest BCUT2D eigenvalue weighted by Crippen LogP contribution is -2.12. The van der Waals surface area contributed by atoms with E-state index in [1.165, 1.54) is 6.07 Å². The molecule has 2 aliphatic heterocycles. The highest BCUT2D eigenvalue weighted by Gasteiger charge is 2.43. The predicted molar refractivity (Wildman–Crippen MR) is 123 cm³/mol. The van der Waals surface area contributed by atoms with E-state index in [0.717, 1.165) is 41.4 Å². The number of nitrogens with zero attached hydrogens (tertiary/aromatic N) is 4. The minimum Gasteiger partial charge on any atom is -0.450 e. The SMILES string of the molecule is Cc1nc2cc(Oc3cc([C@@H](C)OP(=O)(CN4CC4)N4CC4)ccc3[N+](=O)[O-])ccc2s1. The van der Waals surface area contributed by atoms with Gasteiger partial charge in [0.2, 0.25) is 5.75 Å². The van der Waals surface area contributed by atoms with Crippen LogP contribution in [-0.4, -0.2) is 51.9 Å². The highest BCUT2D eigenvalue weighted by atomic mass is 32.1. The van der Waals surface area contributed by atoms with Crippen LogP contribution in [0.2, 0.25) is 0 Å². The van der Waals surface area contributed by atoms with Gasteiger partial charge in [0.05, 0.1) is 32.5 Å². The van der Waals surface area contributed by atoms with Crippen molar-refractivity contribution in [2.24, 2.45) is 0 Å². The molecule has 0 N–H and O–H groups in total. The van der Waals surface area contributed by atoms with Gasteiger partial charge in [-0.05, 0) is 43.7 Å². The first-order chi connectivity index (χ1) is 15.3. The van der Waals surface area contributed by atoms with E-state index in [2.05, 4.69) is 9.88 Å². The van der Waals surface area contributed by atoms with Crippen molar-refractivity contribution in [3.63, 3.8) is 0 Å². The quantitative estimate of drug-likeness (QED) is 0.181. The van der Waals surface area contributed by atoms with Gasteiger partial charge >= 0.3 is 5.69 Å². The fourth-order valence-electron chi connectivity index (χ4n) is 3.54. The Labute approximate surface area is 189 Å². The maximum atomic E-state index is 13.4. The summed E-state index contributed by atoms with van der Waals surface area (Å²) < 4.78 is 28.3. The Morgan fingerprint density at radius 3 is 2.69 bits per heavy atom. The fraction of sp³-hybridized carbons (Fsp3) is 0.381. The number of rotatable bonds is 9. The normalized spacial score (nSPS) is 18.9. The maximum absolute atomic E-state index is 13.4. The maximum Gasteiger partial charge on any atom is 0.311 e. The highest BCUT2D eigenvalue weighted by molar-refractivity contribution is 7.56. The van der Waals surface area contributed by atoms with E-state index in [1.54, 1.807) is 35.6 Å². The number of thiazole rings is 1. The molecular formula is C21H23N4O5PS. The predicted octanol–water partition coefficient (Wildman–Crippen LogP) is 5.16. The van der Waals surface area contributed by atoms with Crippen molar-refractivity contribution in [2.75, 3.05) is 32.5 Å². The Kier molecular flexibility index (Phi) is 5.51. The molecule has 2 aromatic carbocycles. The van der Waals surface area contributed by atoms with Crippen LogP contribution < -0.4 is 4.74 Å². The third kappa shape index (κ3) is 4.55. The number of benzene rings is 2. The van der Waals surface area contributed by atoms with E-state index in [9.17, 15) is 14.7 Å². The molecule has 32 heavy (non-hydrogen) atoms. The van der Waals surface area contributed by atoms with Crippen molar-refractivity contribution >= 4 is 34.8 Å². The number of aromatic nitrogens is 1. The molecule has 2 aliphatic rings. The number of aryl methyl sites for hydroxylation is 1. The van der Waals surface area contributed by atoms with Crippen molar-refractivity contribution in [3.8, 4) is 11.5 Å². The van der Waals surface area contributed by atoms with Crippen molar-refractivity contribution in [1.82, 2.24) is 14.6 Å². The van der Waals surface area contributed by atoms with Crippen LogP contribution in [0.5, 0.6) is 11.5 Å². The van der Waals surface area contributed by atoms with Crippen molar-refractivity contribution in [2.45, 2.75) is 20.0 Å². The lowest BCUT2D eigenvalue weighted by molar-refractivity contribution is -0.385. The van der Waals surface area contributed by atoms with Gasteiger partial charge in [0, 0.05) is 38.3 Å². The Morgan fingerprint density at radius 2 is 2.00 bits per heavy atom. The summed E-state index contributed by atoms with van der Waals surface area (Å²) >= 11 is 1.58. The molecule has 3 heterocycles. The summed E-state index contributed by atoms with van der Waals surface area (Å²) in [5, 5.41) is 12.5. The molecule has 1 unspecified atom stereocenters. The Hall–Kier alpha value is -2.36. The second kappa shape index (κ2) is 8.20. The molecular weight excluding hydrogens is 451 g/mol. The van der Waals surface area contributed by atoms with E-state index >= 15 is 0 Å². The molecule has 0 radical (unpaired) electrons. The summed E-state index contributed by atoms with van der Waals surface area (Å²) in [7, 11) is -2.96. The molecule has 0 saturated carbocycles. The molecule has 3 aromatic rings. The highest BCUT2D eigenvalue weighted by Crippen LogP contribution is 2.58. The summed E-state index contributed by atoms with van der Waals surface area (Å²) in [5.41, 5.74) is 1.31. The van der Waals surface area contributed by atoms with Crippen LogP contribution in [0.4, 0.5) is 5.69 Å². The van der Waals surface area contributed by atoms with Crippen LogP contribution >= 0.6 is 18.9 Å². The van der Waals surface area contributed by atoms with Crippen LogP contribution in [0.1, 0.15) is 23.6 Å². The van der Waals surface area contributed by atoms with Gasteiger partial charge in [0.15, 0.2) is 0 Å². The number of nitro groups is 1. The van der Waals surface area contributed by atoms with Gasteiger partial charge in [0.25, 0.3) is 7.52 Å². The molecule has 0 bridgehead atoms. The van der Waals surface area contributed by atoms with Gasteiger partial charge in [-0.15, -0.1) is 11.3 Å². The van der Waals surface area contributed by atoms with Gasteiger partial charge in [0.1, 0.15) is 5.75 Å². The summed E-state index contributed by atoms with van der Waals surface area (Å²) in [5.74, 6) is 0.578.